The van der Waals surface area contributed by atoms with Gasteiger partial charge in [-0.15, -0.1) is 0 Å². The molecule has 36 heavy (non-hydrogen) atoms. The zero-order chi connectivity index (χ0) is 27.4. The molecule has 1 aromatic heterocycles. The highest BCUT2D eigenvalue weighted by Crippen LogP contribution is 2.04. The van der Waals surface area contributed by atoms with E-state index in [1.54, 1.807) is 20.8 Å². The Hall–Kier alpha value is -3.18. The van der Waals surface area contributed by atoms with Crippen molar-refractivity contribution in [2.24, 2.45) is 17.8 Å². The van der Waals surface area contributed by atoms with E-state index >= 15 is 0 Å². The van der Waals surface area contributed by atoms with Crippen LogP contribution in [0.5, 0.6) is 0 Å². The summed E-state index contributed by atoms with van der Waals surface area (Å²) in [5.74, 6) is -2.41. The molecule has 204 valence electrons. The summed E-state index contributed by atoms with van der Waals surface area (Å²) in [6.45, 7) is 8.99. The fourth-order valence-electron chi connectivity index (χ4n) is 2.90. The lowest BCUT2D eigenvalue weighted by Crippen LogP contribution is -2.55. The number of rotatable bonds is 15. The molecular formula is C24H39N3O9. The summed E-state index contributed by atoms with van der Waals surface area (Å²) in [5, 5.41) is 0. The second-order valence-electron chi connectivity index (χ2n) is 8.73. The van der Waals surface area contributed by atoms with Crippen LogP contribution in [0.1, 0.15) is 60.8 Å². The summed E-state index contributed by atoms with van der Waals surface area (Å²) < 4.78 is 17.8. The van der Waals surface area contributed by atoms with E-state index in [2.05, 4.69) is 0 Å². The minimum absolute atomic E-state index is 0.247. The molecule has 0 aliphatic carbocycles. The first-order valence-corrected chi connectivity index (χ1v) is 12.4. The molecule has 0 aromatic carbocycles. The first-order valence-electron chi connectivity index (χ1n) is 12.4. The normalized spacial score (nSPS) is 13.5. The maximum atomic E-state index is 13.0. The Morgan fingerprint density at radius 3 is 0.972 bits per heavy atom. The van der Waals surface area contributed by atoms with E-state index in [4.69, 9.17) is 14.2 Å². The topological polar surface area (TPSA) is 145 Å². The van der Waals surface area contributed by atoms with Crippen LogP contribution in [-0.2, 0) is 48.2 Å². The van der Waals surface area contributed by atoms with Crippen molar-refractivity contribution >= 4 is 17.9 Å². The van der Waals surface area contributed by atoms with Gasteiger partial charge in [-0.25, -0.2) is 28.1 Å². The van der Waals surface area contributed by atoms with Gasteiger partial charge in [0, 0.05) is 0 Å². The smallest absolute Gasteiger partial charge is 0.336 e. The lowest BCUT2D eigenvalue weighted by atomic mass is 10.1. The van der Waals surface area contributed by atoms with Gasteiger partial charge < -0.3 is 14.2 Å². The summed E-state index contributed by atoms with van der Waals surface area (Å²) in [4.78, 5) is 74.7. The fourth-order valence-corrected chi connectivity index (χ4v) is 2.90. The number of ether oxygens (including phenoxy) is 3. The van der Waals surface area contributed by atoms with Crippen molar-refractivity contribution in [1.82, 2.24) is 13.7 Å². The van der Waals surface area contributed by atoms with Crippen molar-refractivity contribution in [3.05, 3.63) is 31.5 Å². The molecule has 1 rings (SSSR count). The van der Waals surface area contributed by atoms with Gasteiger partial charge in [-0.2, -0.15) is 0 Å². The fraction of sp³-hybridized carbons (Fsp3) is 0.750. The molecule has 0 saturated heterocycles. The number of carbonyl (C=O) groups excluding carboxylic acids is 3. The third kappa shape index (κ3) is 8.49. The second-order valence-corrected chi connectivity index (χ2v) is 8.73. The van der Waals surface area contributed by atoms with Crippen molar-refractivity contribution in [3.63, 3.8) is 0 Å². The molecule has 3 atom stereocenters. The van der Waals surface area contributed by atoms with Crippen molar-refractivity contribution < 1.29 is 28.6 Å². The molecule has 0 radical (unpaired) electrons. The Morgan fingerprint density at radius 2 is 0.778 bits per heavy atom. The number of hydrogen-bond donors (Lipinski definition) is 0. The van der Waals surface area contributed by atoms with E-state index in [-0.39, 0.29) is 57.2 Å². The molecule has 12 nitrogen and oxygen atoms in total. The summed E-state index contributed by atoms with van der Waals surface area (Å²) in [5.41, 5.74) is -2.76. The number of hydrogen-bond acceptors (Lipinski definition) is 9. The number of nitrogens with zero attached hydrogens (tertiary/aromatic N) is 3. The maximum absolute atomic E-state index is 13.0. The van der Waals surface area contributed by atoms with Crippen LogP contribution in [0.15, 0.2) is 14.4 Å². The monoisotopic (exact) mass is 513 g/mol. The Bertz CT molecular complexity index is 906. The van der Waals surface area contributed by atoms with Gasteiger partial charge in [-0.1, -0.05) is 41.5 Å². The van der Waals surface area contributed by atoms with Crippen LogP contribution < -0.4 is 17.1 Å². The highest BCUT2D eigenvalue weighted by Gasteiger charge is 2.19. The van der Waals surface area contributed by atoms with Gasteiger partial charge in [0.1, 0.15) is 19.8 Å². The Morgan fingerprint density at radius 1 is 0.556 bits per heavy atom. The average molecular weight is 514 g/mol. The highest BCUT2D eigenvalue weighted by atomic mass is 16.5. The number of esters is 3. The van der Waals surface area contributed by atoms with E-state index in [1.807, 2.05) is 20.8 Å². The van der Waals surface area contributed by atoms with Crippen molar-refractivity contribution in [2.45, 2.75) is 80.4 Å². The van der Waals surface area contributed by atoms with Crippen LogP contribution in [-0.4, -0.2) is 51.4 Å². The van der Waals surface area contributed by atoms with Crippen LogP contribution in [0.4, 0.5) is 0 Å². The number of aromatic nitrogens is 3. The minimum atomic E-state index is -0.919. The van der Waals surface area contributed by atoms with Gasteiger partial charge in [-0.05, 0) is 19.3 Å². The van der Waals surface area contributed by atoms with E-state index in [9.17, 15) is 28.8 Å². The van der Waals surface area contributed by atoms with E-state index in [0.29, 0.717) is 19.3 Å². The Balaban J connectivity index is 3.19. The molecule has 0 saturated carbocycles. The average Bonchev–Trinajstić information content (AvgIpc) is 2.87. The van der Waals surface area contributed by atoms with Crippen molar-refractivity contribution in [2.75, 3.05) is 19.8 Å². The molecule has 1 aromatic rings. The van der Waals surface area contributed by atoms with Crippen LogP contribution in [0, 0.1) is 17.8 Å². The first kappa shape index (κ1) is 30.9. The first-order chi connectivity index (χ1) is 17.0. The summed E-state index contributed by atoms with van der Waals surface area (Å²) in [7, 11) is 0. The molecule has 0 aliphatic heterocycles. The van der Waals surface area contributed by atoms with Gasteiger partial charge >= 0.3 is 35.0 Å². The lowest BCUT2D eigenvalue weighted by Gasteiger charge is -2.16. The zero-order valence-electron chi connectivity index (χ0n) is 22.1. The Kier molecular flexibility index (Phi) is 12.9. The van der Waals surface area contributed by atoms with Crippen molar-refractivity contribution in [1.29, 1.82) is 0 Å². The van der Waals surface area contributed by atoms with E-state index in [1.165, 1.54) is 0 Å². The van der Waals surface area contributed by atoms with Crippen LogP contribution >= 0.6 is 0 Å². The predicted molar refractivity (Wildman–Crippen MR) is 130 cm³/mol. The summed E-state index contributed by atoms with van der Waals surface area (Å²) >= 11 is 0. The van der Waals surface area contributed by atoms with Crippen molar-refractivity contribution in [3.8, 4) is 0 Å². The third-order valence-electron chi connectivity index (χ3n) is 6.11. The van der Waals surface area contributed by atoms with Crippen LogP contribution in [0.3, 0.4) is 0 Å². The molecule has 0 aliphatic rings. The maximum Gasteiger partial charge on any atom is 0.336 e. The zero-order valence-corrected chi connectivity index (χ0v) is 22.1. The highest BCUT2D eigenvalue weighted by molar-refractivity contribution is 5.72. The van der Waals surface area contributed by atoms with E-state index < -0.39 is 35.0 Å². The van der Waals surface area contributed by atoms with Crippen LogP contribution in [0.25, 0.3) is 0 Å². The second kappa shape index (κ2) is 15.0. The van der Waals surface area contributed by atoms with Gasteiger partial charge in [0.25, 0.3) is 0 Å². The minimum Gasteiger partial charge on any atom is -0.464 e. The number of carbonyl (C=O) groups is 3. The van der Waals surface area contributed by atoms with Crippen LogP contribution in [0.2, 0.25) is 0 Å². The van der Waals surface area contributed by atoms with Gasteiger partial charge in [0.2, 0.25) is 0 Å². The molecule has 3 unspecified atom stereocenters. The van der Waals surface area contributed by atoms with Gasteiger partial charge in [0.05, 0.1) is 37.4 Å². The predicted octanol–water partition coefficient (Wildman–Crippen LogP) is 0.940. The molecule has 0 amide bonds. The van der Waals surface area contributed by atoms with Gasteiger partial charge in [-0.3, -0.25) is 14.4 Å². The molecule has 0 N–H and O–H groups in total. The molecule has 12 heteroatoms. The third-order valence-corrected chi connectivity index (χ3v) is 6.11. The molecule has 1 heterocycles. The molecule has 0 fully saturated rings. The SMILES string of the molecule is CCC(C)C(=O)OCCn1c(=O)n(CCOC(=O)C(C)CC)c(=O)n(CCOC(=O)C(C)CC)c1=O. The molecule has 0 spiro atoms. The summed E-state index contributed by atoms with van der Waals surface area (Å²) in [6, 6.07) is 0. The van der Waals surface area contributed by atoms with Gasteiger partial charge in [0.15, 0.2) is 0 Å². The molecule has 0 bridgehead atoms. The quantitative estimate of drug-likeness (QED) is 0.247. The standard InChI is InChI=1S/C24H39N3O9/c1-7-16(4)19(28)34-13-10-25-22(31)26(11-14-35-20(29)17(5)8-2)24(33)27(23(25)32)12-15-36-21(30)18(6)9-3/h16-18H,7-15H2,1-6H3. The lowest BCUT2D eigenvalue weighted by molar-refractivity contribution is -0.149. The summed E-state index contributed by atoms with van der Waals surface area (Å²) in [6.07, 6.45) is 1.71. The molecular weight excluding hydrogens is 474 g/mol. The Labute approximate surface area is 210 Å². The largest absolute Gasteiger partial charge is 0.464 e. The van der Waals surface area contributed by atoms with E-state index in [0.717, 1.165) is 13.7 Å².